The molecule has 0 aromatic heterocycles. The van der Waals surface area contributed by atoms with Crippen molar-refractivity contribution in [2.24, 2.45) is 5.92 Å². The van der Waals surface area contributed by atoms with Crippen LogP contribution in [0.15, 0.2) is 48.5 Å². The lowest BCUT2D eigenvalue weighted by atomic mass is 9.80. The van der Waals surface area contributed by atoms with Crippen molar-refractivity contribution in [1.82, 2.24) is 20.9 Å². The highest BCUT2D eigenvalue weighted by molar-refractivity contribution is 6.05. The van der Waals surface area contributed by atoms with Crippen molar-refractivity contribution >= 4 is 17.7 Å². The Balaban J connectivity index is 1.23. The first-order valence-electron chi connectivity index (χ1n) is 12.3. The summed E-state index contributed by atoms with van der Waals surface area (Å²) in [5.74, 6) is 0.374. The van der Waals surface area contributed by atoms with E-state index < -0.39 is 6.04 Å². The molecule has 2 fully saturated rings. The summed E-state index contributed by atoms with van der Waals surface area (Å²) in [5.41, 5.74) is 4.13. The summed E-state index contributed by atoms with van der Waals surface area (Å²) in [4.78, 5) is 38.3. The summed E-state index contributed by atoms with van der Waals surface area (Å²) >= 11 is 0. The van der Waals surface area contributed by atoms with Gasteiger partial charge < -0.3 is 15.5 Å². The number of piperidine rings is 2. The van der Waals surface area contributed by atoms with E-state index in [9.17, 15) is 14.4 Å². The van der Waals surface area contributed by atoms with E-state index in [1.54, 1.807) is 4.90 Å². The molecule has 2 unspecified atom stereocenters. The van der Waals surface area contributed by atoms with Gasteiger partial charge in [-0.15, -0.1) is 0 Å². The number of hydrogen-bond donors (Lipinski definition) is 3. The molecular weight excluding hydrogens is 428 g/mol. The fourth-order valence-electron chi connectivity index (χ4n) is 5.61. The van der Waals surface area contributed by atoms with Crippen LogP contribution >= 0.6 is 0 Å². The van der Waals surface area contributed by atoms with Crippen LogP contribution in [0.5, 0.6) is 0 Å². The maximum Gasteiger partial charge on any atom is 0.255 e. The molecule has 3 aliphatic heterocycles. The lowest BCUT2D eigenvalue weighted by Crippen LogP contribution is -2.52. The van der Waals surface area contributed by atoms with Gasteiger partial charge in [-0.25, -0.2) is 0 Å². The van der Waals surface area contributed by atoms with Crippen LogP contribution in [-0.2, 0) is 22.7 Å². The van der Waals surface area contributed by atoms with Gasteiger partial charge in [-0.2, -0.15) is 0 Å². The fraction of sp³-hybridized carbons (Fsp3) is 0.444. The Labute approximate surface area is 200 Å². The molecule has 3 aliphatic rings. The third kappa shape index (κ3) is 4.76. The normalized spacial score (nSPS) is 21.9. The van der Waals surface area contributed by atoms with Crippen LogP contribution in [-0.4, -0.2) is 48.3 Å². The number of carbonyl (C=O) groups excluding carboxylic acids is 3. The van der Waals surface area contributed by atoms with E-state index in [4.69, 9.17) is 0 Å². The SMILES string of the molecule is O=C1CCC(N2Cc3cc(CNCC(c4ccccc4)C4CCNCC4)ccc3C2=O)C(=O)N1. The zero-order valence-electron chi connectivity index (χ0n) is 19.4. The lowest BCUT2D eigenvalue weighted by Gasteiger charge is -2.31. The van der Waals surface area contributed by atoms with Crippen LogP contribution in [0.3, 0.4) is 0 Å². The molecule has 2 saturated heterocycles. The molecule has 0 radical (unpaired) electrons. The van der Waals surface area contributed by atoms with Crippen LogP contribution in [0.25, 0.3) is 0 Å². The van der Waals surface area contributed by atoms with Gasteiger partial charge in [0.05, 0.1) is 0 Å². The first-order valence-corrected chi connectivity index (χ1v) is 12.3. The maximum absolute atomic E-state index is 12.9. The molecule has 5 rings (SSSR count). The van der Waals surface area contributed by atoms with Gasteiger partial charge >= 0.3 is 0 Å². The molecule has 0 spiro atoms. The van der Waals surface area contributed by atoms with Crippen molar-refractivity contribution < 1.29 is 14.4 Å². The van der Waals surface area contributed by atoms with Gasteiger partial charge in [0, 0.05) is 31.6 Å². The summed E-state index contributed by atoms with van der Waals surface area (Å²) < 4.78 is 0. The third-order valence-electron chi connectivity index (χ3n) is 7.46. The van der Waals surface area contributed by atoms with Crippen LogP contribution < -0.4 is 16.0 Å². The van der Waals surface area contributed by atoms with Crippen LogP contribution in [0.1, 0.15) is 58.6 Å². The Morgan fingerprint density at radius 3 is 2.56 bits per heavy atom. The molecule has 7 heteroatoms. The zero-order valence-corrected chi connectivity index (χ0v) is 19.4. The summed E-state index contributed by atoms with van der Waals surface area (Å²) in [6, 6.07) is 16.2. The molecule has 0 aliphatic carbocycles. The van der Waals surface area contributed by atoms with E-state index in [2.05, 4.69) is 52.3 Å². The second-order valence-electron chi connectivity index (χ2n) is 9.63. The number of imide groups is 1. The predicted molar refractivity (Wildman–Crippen MR) is 129 cm³/mol. The maximum atomic E-state index is 12.9. The van der Waals surface area contributed by atoms with E-state index in [0.717, 1.165) is 37.3 Å². The number of rotatable bonds is 7. The zero-order chi connectivity index (χ0) is 23.5. The predicted octanol–water partition coefficient (Wildman–Crippen LogP) is 2.32. The molecule has 178 valence electrons. The lowest BCUT2D eigenvalue weighted by molar-refractivity contribution is -0.136. The molecule has 34 heavy (non-hydrogen) atoms. The molecule has 3 heterocycles. The number of hydrogen-bond acceptors (Lipinski definition) is 5. The van der Waals surface area contributed by atoms with Crippen molar-refractivity contribution in [3.63, 3.8) is 0 Å². The first kappa shape index (κ1) is 22.7. The molecular formula is C27H32N4O3. The minimum Gasteiger partial charge on any atom is -0.322 e. The molecule has 2 aromatic carbocycles. The third-order valence-corrected chi connectivity index (χ3v) is 7.46. The van der Waals surface area contributed by atoms with E-state index in [1.165, 1.54) is 18.4 Å². The van der Waals surface area contributed by atoms with E-state index >= 15 is 0 Å². The molecule has 2 atom stereocenters. The summed E-state index contributed by atoms with van der Waals surface area (Å²) in [6.45, 7) is 4.21. The van der Waals surface area contributed by atoms with Gasteiger partial charge in [-0.05, 0) is 66.9 Å². The largest absolute Gasteiger partial charge is 0.322 e. The Hall–Kier alpha value is -3.03. The second kappa shape index (κ2) is 10.1. The summed E-state index contributed by atoms with van der Waals surface area (Å²) in [6.07, 6.45) is 3.04. The van der Waals surface area contributed by atoms with Gasteiger partial charge in [0.2, 0.25) is 11.8 Å². The van der Waals surface area contributed by atoms with Crippen molar-refractivity contribution in [3.8, 4) is 0 Å². The highest BCUT2D eigenvalue weighted by atomic mass is 16.2. The molecule has 2 aromatic rings. The average Bonchev–Trinajstić information content (AvgIpc) is 3.18. The topological polar surface area (TPSA) is 90.5 Å². The molecule has 3 N–H and O–H groups in total. The number of fused-ring (bicyclic) bond motifs is 1. The summed E-state index contributed by atoms with van der Waals surface area (Å²) in [5, 5.41) is 9.49. The van der Waals surface area contributed by atoms with Gasteiger partial charge in [-0.3, -0.25) is 19.7 Å². The Morgan fingerprint density at radius 1 is 1.00 bits per heavy atom. The van der Waals surface area contributed by atoms with Gasteiger partial charge in [-0.1, -0.05) is 42.5 Å². The number of nitrogens with zero attached hydrogens (tertiary/aromatic N) is 1. The van der Waals surface area contributed by atoms with Gasteiger partial charge in [0.25, 0.3) is 5.91 Å². The molecule has 7 nitrogen and oxygen atoms in total. The first-order chi connectivity index (χ1) is 16.6. The van der Waals surface area contributed by atoms with Crippen molar-refractivity contribution in [2.45, 2.75) is 50.7 Å². The average molecular weight is 461 g/mol. The van der Waals surface area contributed by atoms with Crippen molar-refractivity contribution in [1.29, 1.82) is 0 Å². The molecule has 3 amide bonds. The summed E-state index contributed by atoms with van der Waals surface area (Å²) in [7, 11) is 0. The highest BCUT2D eigenvalue weighted by Gasteiger charge is 2.39. The molecule has 0 bridgehead atoms. The van der Waals surface area contributed by atoms with E-state index in [1.807, 2.05) is 12.1 Å². The van der Waals surface area contributed by atoms with Crippen LogP contribution in [0.2, 0.25) is 0 Å². The minimum absolute atomic E-state index is 0.126. The number of carbonyl (C=O) groups is 3. The quantitative estimate of drug-likeness (QED) is 0.552. The van der Waals surface area contributed by atoms with E-state index in [-0.39, 0.29) is 24.1 Å². The number of amides is 3. The minimum atomic E-state index is -0.573. The van der Waals surface area contributed by atoms with Gasteiger partial charge in [0.1, 0.15) is 6.04 Å². The fourth-order valence-corrected chi connectivity index (χ4v) is 5.61. The Kier molecular flexibility index (Phi) is 6.74. The van der Waals surface area contributed by atoms with Gasteiger partial charge in [0.15, 0.2) is 0 Å². The van der Waals surface area contributed by atoms with E-state index in [0.29, 0.717) is 30.4 Å². The highest BCUT2D eigenvalue weighted by Crippen LogP contribution is 2.31. The standard InChI is InChI=1S/C27H32N4O3/c32-25-9-8-24(26(33)30-25)31-17-21-14-18(6-7-22(21)27(31)34)15-29-16-23(19-4-2-1-3-5-19)20-10-12-28-13-11-20/h1-7,14,20,23-24,28-29H,8-13,15-17H2,(H,30,32,33). The number of benzene rings is 2. The monoisotopic (exact) mass is 460 g/mol. The van der Waals surface area contributed by atoms with Crippen molar-refractivity contribution in [3.05, 3.63) is 70.8 Å². The molecule has 0 saturated carbocycles. The Morgan fingerprint density at radius 2 is 1.79 bits per heavy atom. The van der Waals surface area contributed by atoms with Crippen LogP contribution in [0.4, 0.5) is 0 Å². The second-order valence-corrected chi connectivity index (χ2v) is 9.63. The number of nitrogens with one attached hydrogen (secondary N) is 3. The Bertz CT molecular complexity index is 1060. The smallest absolute Gasteiger partial charge is 0.255 e. The van der Waals surface area contributed by atoms with Crippen LogP contribution in [0, 0.1) is 5.92 Å². The van der Waals surface area contributed by atoms with Crippen molar-refractivity contribution in [2.75, 3.05) is 19.6 Å².